The van der Waals surface area contributed by atoms with Gasteiger partial charge in [-0.2, -0.15) is 0 Å². The van der Waals surface area contributed by atoms with Gasteiger partial charge in [0, 0.05) is 37.6 Å². The minimum Gasteiger partial charge on any atom is -0.326 e. The van der Waals surface area contributed by atoms with Crippen molar-refractivity contribution in [3.8, 4) is 0 Å². The van der Waals surface area contributed by atoms with Gasteiger partial charge in [0.25, 0.3) is 0 Å². The fraction of sp³-hybridized carbons (Fsp3) is 0.688. The monoisotopic (exact) mass is 274 g/mol. The molecule has 0 spiro atoms. The van der Waals surface area contributed by atoms with E-state index in [4.69, 9.17) is 5.73 Å². The Balaban J connectivity index is 1.70. The molecule has 1 aromatic heterocycles. The predicted octanol–water partition coefficient (Wildman–Crippen LogP) is 1.64. The van der Waals surface area contributed by atoms with Gasteiger partial charge in [-0.05, 0) is 50.9 Å². The molecule has 2 aliphatic heterocycles. The molecule has 3 rings (SSSR count). The van der Waals surface area contributed by atoms with Crippen LogP contribution in [0.2, 0.25) is 0 Å². The van der Waals surface area contributed by atoms with Gasteiger partial charge >= 0.3 is 0 Å². The molecule has 0 saturated carbocycles. The van der Waals surface area contributed by atoms with E-state index in [9.17, 15) is 0 Å². The predicted molar refractivity (Wildman–Crippen MR) is 81.4 cm³/mol. The highest BCUT2D eigenvalue weighted by Crippen LogP contribution is 2.29. The van der Waals surface area contributed by atoms with Gasteiger partial charge in [-0.1, -0.05) is 6.07 Å². The Morgan fingerprint density at radius 3 is 2.75 bits per heavy atom. The van der Waals surface area contributed by atoms with Gasteiger partial charge in [-0.3, -0.25) is 14.8 Å². The van der Waals surface area contributed by atoms with Crippen LogP contribution in [0.3, 0.4) is 0 Å². The molecule has 0 aliphatic carbocycles. The van der Waals surface area contributed by atoms with E-state index in [0.29, 0.717) is 6.04 Å². The molecule has 2 N–H and O–H groups in total. The smallest absolute Gasteiger partial charge is 0.0512 e. The zero-order valence-corrected chi connectivity index (χ0v) is 12.4. The number of hydrogen-bond donors (Lipinski definition) is 1. The average molecular weight is 274 g/mol. The molecule has 110 valence electrons. The van der Waals surface area contributed by atoms with Crippen molar-refractivity contribution in [2.24, 2.45) is 5.73 Å². The van der Waals surface area contributed by atoms with E-state index < -0.39 is 0 Å². The first-order valence-electron chi connectivity index (χ1n) is 7.89. The van der Waals surface area contributed by atoms with Gasteiger partial charge in [-0.15, -0.1) is 0 Å². The molecule has 0 amide bonds. The summed E-state index contributed by atoms with van der Waals surface area (Å²) in [7, 11) is 0. The number of hydrogen-bond acceptors (Lipinski definition) is 4. The molecule has 2 saturated heterocycles. The van der Waals surface area contributed by atoms with E-state index in [1.54, 1.807) is 0 Å². The standard InChI is InChI=1S/C16H26N4/c1-13(17)16(14-5-4-7-18-11-14)20-10-6-15(12-20)19-8-2-3-9-19/h4-5,7,11,13,15-16H,2-3,6,8-10,12,17H2,1H3. The van der Waals surface area contributed by atoms with Crippen LogP contribution in [0, 0.1) is 0 Å². The molecule has 3 heterocycles. The average Bonchev–Trinajstić information content (AvgIpc) is 3.10. The number of pyridine rings is 1. The van der Waals surface area contributed by atoms with Crippen LogP contribution in [0.1, 0.15) is 37.8 Å². The van der Waals surface area contributed by atoms with Crippen LogP contribution < -0.4 is 5.73 Å². The summed E-state index contributed by atoms with van der Waals surface area (Å²) in [4.78, 5) is 9.49. The second kappa shape index (κ2) is 6.20. The lowest BCUT2D eigenvalue weighted by molar-refractivity contribution is 0.185. The van der Waals surface area contributed by atoms with Crippen LogP contribution in [0.15, 0.2) is 24.5 Å². The topological polar surface area (TPSA) is 45.4 Å². The normalized spacial score (nSPS) is 27.8. The molecular weight excluding hydrogens is 248 g/mol. The third-order valence-corrected chi connectivity index (χ3v) is 4.77. The van der Waals surface area contributed by atoms with Crippen LogP contribution >= 0.6 is 0 Å². The Labute approximate surface area is 122 Å². The third kappa shape index (κ3) is 2.87. The summed E-state index contributed by atoms with van der Waals surface area (Å²) in [5.74, 6) is 0. The second-order valence-electron chi connectivity index (χ2n) is 6.27. The molecule has 1 aromatic rings. The van der Waals surface area contributed by atoms with E-state index in [2.05, 4.69) is 27.8 Å². The minimum absolute atomic E-state index is 0.136. The molecule has 2 fully saturated rings. The maximum Gasteiger partial charge on any atom is 0.0512 e. The van der Waals surface area contributed by atoms with Gasteiger partial charge in [-0.25, -0.2) is 0 Å². The molecule has 0 bridgehead atoms. The molecule has 0 radical (unpaired) electrons. The van der Waals surface area contributed by atoms with Crippen LogP contribution in [0.25, 0.3) is 0 Å². The zero-order chi connectivity index (χ0) is 13.9. The Morgan fingerprint density at radius 1 is 1.30 bits per heavy atom. The van der Waals surface area contributed by atoms with Crippen molar-refractivity contribution in [3.05, 3.63) is 30.1 Å². The summed E-state index contributed by atoms with van der Waals surface area (Å²) >= 11 is 0. The SMILES string of the molecule is CC(N)C(c1cccnc1)N1CCC(N2CCCC2)C1. The van der Waals surface area contributed by atoms with Gasteiger partial charge in [0.2, 0.25) is 0 Å². The van der Waals surface area contributed by atoms with E-state index in [0.717, 1.165) is 19.1 Å². The highest BCUT2D eigenvalue weighted by atomic mass is 15.3. The van der Waals surface area contributed by atoms with Crippen molar-refractivity contribution in [1.29, 1.82) is 0 Å². The van der Waals surface area contributed by atoms with Crippen molar-refractivity contribution in [2.45, 2.75) is 44.3 Å². The Bertz CT molecular complexity index is 414. The summed E-state index contributed by atoms with van der Waals surface area (Å²) in [6.07, 6.45) is 7.82. The molecule has 2 aliphatic rings. The summed E-state index contributed by atoms with van der Waals surface area (Å²) in [5.41, 5.74) is 7.52. The number of likely N-dealkylation sites (tertiary alicyclic amines) is 2. The van der Waals surface area contributed by atoms with Crippen LogP contribution in [0.4, 0.5) is 0 Å². The largest absolute Gasteiger partial charge is 0.326 e. The lowest BCUT2D eigenvalue weighted by Crippen LogP contribution is -2.41. The third-order valence-electron chi connectivity index (χ3n) is 4.77. The fourth-order valence-electron chi connectivity index (χ4n) is 3.82. The first-order valence-corrected chi connectivity index (χ1v) is 7.89. The van der Waals surface area contributed by atoms with Crippen molar-refractivity contribution in [1.82, 2.24) is 14.8 Å². The first-order chi connectivity index (χ1) is 9.75. The van der Waals surface area contributed by atoms with Crippen LogP contribution in [-0.4, -0.2) is 53.0 Å². The summed E-state index contributed by atoms with van der Waals surface area (Å²) in [6, 6.07) is 5.34. The Morgan fingerprint density at radius 2 is 2.10 bits per heavy atom. The van der Waals surface area contributed by atoms with Gasteiger partial charge < -0.3 is 5.73 Å². The van der Waals surface area contributed by atoms with Crippen molar-refractivity contribution in [2.75, 3.05) is 26.2 Å². The fourth-order valence-corrected chi connectivity index (χ4v) is 3.82. The molecule has 3 unspecified atom stereocenters. The number of rotatable bonds is 4. The Kier molecular flexibility index (Phi) is 4.34. The minimum atomic E-state index is 0.136. The van der Waals surface area contributed by atoms with Gasteiger partial charge in [0.15, 0.2) is 0 Å². The van der Waals surface area contributed by atoms with E-state index in [1.807, 2.05) is 18.5 Å². The lowest BCUT2D eigenvalue weighted by Gasteiger charge is -2.32. The maximum absolute atomic E-state index is 6.26. The molecule has 4 heteroatoms. The molecular formula is C16H26N4. The van der Waals surface area contributed by atoms with Gasteiger partial charge in [0.05, 0.1) is 6.04 Å². The number of nitrogens with zero attached hydrogens (tertiary/aromatic N) is 3. The summed E-state index contributed by atoms with van der Waals surface area (Å²) in [6.45, 7) is 6.99. The Hall–Kier alpha value is -0.970. The van der Waals surface area contributed by atoms with Crippen molar-refractivity contribution < 1.29 is 0 Å². The lowest BCUT2D eigenvalue weighted by atomic mass is 10.0. The zero-order valence-electron chi connectivity index (χ0n) is 12.4. The van der Waals surface area contributed by atoms with Crippen molar-refractivity contribution >= 4 is 0 Å². The molecule has 20 heavy (non-hydrogen) atoms. The van der Waals surface area contributed by atoms with Gasteiger partial charge in [0.1, 0.15) is 0 Å². The quantitative estimate of drug-likeness (QED) is 0.906. The highest BCUT2D eigenvalue weighted by molar-refractivity contribution is 5.16. The van der Waals surface area contributed by atoms with E-state index >= 15 is 0 Å². The second-order valence-corrected chi connectivity index (χ2v) is 6.27. The maximum atomic E-state index is 6.26. The summed E-state index contributed by atoms with van der Waals surface area (Å²) < 4.78 is 0. The first kappa shape index (κ1) is 14.0. The number of aromatic nitrogens is 1. The van der Waals surface area contributed by atoms with E-state index in [-0.39, 0.29) is 6.04 Å². The van der Waals surface area contributed by atoms with Crippen molar-refractivity contribution in [3.63, 3.8) is 0 Å². The molecule has 4 nitrogen and oxygen atoms in total. The molecule has 0 aromatic carbocycles. The molecule has 3 atom stereocenters. The van der Waals surface area contributed by atoms with Crippen LogP contribution in [-0.2, 0) is 0 Å². The number of nitrogens with two attached hydrogens (primary N) is 1. The summed E-state index contributed by atoms with van der Waals surface area (Å²) in [5, 5.41) is 0. The highest BCUT2D eigenvalue weighted by Gasteiger charge is 2.34. The van der Waals surface area contributed by atoms with Crippen LogP contribution in [0.5, 0.6) is 0 Å². The van der Waals surface area contributed by atoms with E-state index in [1.165, 1.54) is 37.9 Å².